The second-order valence-electron chi connectivity index (χ2n) is 17.9. The number of amides is 1. The van der Waals surface area contributed by atoms with E-state index in [0.717, 1.165) is 83.5 Å². The first-order valence-electron chi connectivity index (χ1n) is 26.5. The van der Waals surface area contributed by atoms with E-state index in [1.54, 1.807) is 0 Å². The van der Waals surface area contributed by atoms with Gasteiger partial charge in [0.25, 0.3) is 0 Å². The van der Waals surface area contributed by atoms with Crippen LogP contribution < -0.4 is 5.32 Å². The van der Waals surface area contributed by atoms with Crippen molar-refractivity contribution in [3.63, 3.8) is 0 Å². The first-order chi connectivity index (χ1) is 30.5. The summed E-state index contributed by atoms with van der Waals surface area (Å²) in [5, 5.41) is 23.7. The van der Waals surface area contributed by atoms with Crippen molar-refractivity contribution < 1.29 is 24.5 Å². The molecular formula is C56H101NO5. The Bertz CT molecular complexity index is 1110. The van der Waals surface area contributed by atoms with Crippen molar-refractivity contribution in [2.75, 3.05) is 6.61 Å². The molecule has 0 fully saturated rings. The van der Waals surface area contributed by atoms with E-state index in [0.29, 0.717) is 19.3 Å². The second kappa shape index (κ2) is 49.6. The highest BCUT2D eigenvalue weighted by atomic mass is 16.5. The zero-order chi connectivity index (χ0) is 45.2. The van der Waals surface area contributed by atoms with Crippen LogP contribution in [0.2, 0.25) is 0 Å². The molecule has 3 unspecified atom stereocenters. The normalized spacial score (nSPS) is 13.7. The second-order valence-corrected chi connectivity index (χ2v) is 17.9. The van der Waals surface area contributed by atoms with Crippen LogP contribution in [0.5, 0.6) is 0 Å². The third-order valence-electron chi connectivity index (χ3n) is 11.8. The lowest BCUT2D eigenvalue weighted by atomic mass is 10.0. The Kier molecular flexibility index (Phi) is 47.6. The molecule has 6 nitrogen and oxygen atoms in total. The van der Waals surface area contributed by atoms with Gasteiger partial charge in [-0.1, -0.05) is 216 Å². The van der Waals surface area contributed by atoms with Crippen LogP contribution in [0.15, 0.2) is 60.8 Å². The minimum atomic E-state index is -0.799. The summed E-state index contributed by atoms with van der Waals surface area (Å²) in [6.45, 7) is 6.33. The minimum Gasteiger partial charge on any atom is -0.462 e. The van der Waals surface area contributed by atoms with E-state index in [9.17, 15) is 19.8 Å². The Labute approximate surface area is 384 Å². The summed E-state index contributed by atoms with van der Waals surface area (Å²) in [6, 6.07) is -0.715. The Balaban J connectivity index is 4.55. The summed E-state index contributed by atoms with van der Waals surface area (Å²) in [6.07, 6.45) is 61.4. The smallest absolute Gasteiger partial charge is 0.306 e. The molecule has 0 aromatic heterocycles. The van der Waals surface area contributed by atoms with E-state index < -0.39 is 18.2 Å². The highest BCUT2D eigenvalue weighted by Crippen LogP contribution is 2.17. The maximum Gasteiger partial charge on any atom is 0.306 e. The molecule has 0 spiro atoms. The molecule has 0 saturated heterocycles. The molecule has 3 N–H and O–H groups in total. The van der Waals surface area contributed by atoms with Crippen molar-refractivity contribution in [2.24, 2.45) is 0 Å². The third kappa shape index (κ3) is 44.2. The Morgan fingerprint density at radius 2 is 0.871 bits per heavy atom. The maximum absolute atomic E-state index is 13.2. The van der Waals surface area contributed by atoms with Crippen LogP contribution in [0, 0.1) is 0 Å². The molecule has 0 bridgehead atoms. The van der Waals surface area contributed by atoms with Crippen molar-refractivity contribution in [1.29, 1.82) is 0 Å². The monoisotopic (exact) mass is 868 g/mol. The molecular weight excluding hydrogens is 767 g/mol. The molecule has 0 aliphatic heterocycles. The highest BCUT2D eigenvalue weighted by Gasteiger charge is 2.24. The number of hydrogen-bond donors (Lipinski definition) is 3. The Morgan fingerprint density at radius 1 is 0.484 bits per heavy atom. The zero-order valence-corrected chi connectivity index (χ0v) is 41.0. The number of aliphatic hydroxyl groups is 2. The molecule has 0 radical (unpaired) electrons. The van der Waals surface area contributed by atoms with Gasteiger partial charge in [0.15, 0.2) is 0 Å². The summed E-state index contributed by atoms with van der Waals surface area (Å²) in [4.78, 5) is 26.1. The Hall–Kier alpha value is -2.44. The van der Waals surface area contributed by atoms with Gasteiger partial charge in [0.1, 0.15) is 6.10 Å². The first-order valence-corrected chi connectivity index (χ1v) is 26.5. The number of unbranched alkanes of at least 4 members (excludes halogenated alkanes) is 25. The van der Waals surface area contributed by atoms with Gasteiger partial charge < -0.3 is 20.3 Å². The van der Waals surface area contributed by atoms with Crippen LogP contribution in [-0.2, 0) is 14.3 Å². The van der Waals surface area contributed by atoms with E-state index in [1.807, 2.05) is 0 Å². The van der Waals surface area contributed by atoms with Gasteiger partial charge in [0.05, 0.1) is 25.2 Å². The summed E-state index contributed by atoms with van der Waals surface area (Å²) < 4.78 is 5.92. The van der Waals surface area contributed by atoms with Gasteiger partial charge in [0, 0.05) is 6.42 Å². The summed E-state index contributed by atoms with van der Waals surface area (Å²) in [5.41, 5.74) is 0. The van der Waals surface area contributed by atoms with E-state index >= 15 is 0 Å². The van der Waals surface area contributed by atoms with Crippen LogP contribution in [0.1, 0.15) is 258 Å². The largest absolute Gasteiger partial charge is 0.462 e. The van der Waals surface area contributed by atoms with Crippen molar-refractivity contribution in [2.45, 2.75) is 277 Å². The van der Waals surface area contributed by atoms with Gasteiger partial charge in [-0.3, -0.25) is 9.59 Å². The SMILES string of the molecule is CC/C=C/C/C=C/C/C=C/CCCCC(CC(=O)NC(CO)C(O)CCCCCCCCCCCCCC)OC(=O)CCCCCCCCCCC/C=C\C/C=C\CCCCC. The zero-order valence-electron chi connectivity index (χ0n) is 41.0. The molecule has 0 aliphatic carbocycles. The molecule has 0 aliphatic rings. The number of esters is 1. The van der Waals surface area contributed by atoms with Crippen molar-refractivity contribution in [1.82, 2.24) is 5.32 Å². The number of rotatable bonds is 47. The average molecular weight is 868 g/mol. The fourth-order valence-electron chi connectivity index (χ4n) is 7.83. The number of allylic oxidation sites excluding steroid dienone is 10. The Morgan fingerprint density at radius 3 is 1.37 bits per heavy atom. The molecule has 0 aromatic rings. The molecule has 0 aromatic carbocycles. The number of hydrogen-bond acceptors (Lipinski definition) is 5. The topological polar surface area (TPSA) is 95.9 Å². The lowest BCUT2D eigenvalue weighted by molar-refractivity contribution is -0.151. The van der Waals surface area contributed by atoms with E-state index in [1.165, 1.54) is 128 Å². The third-order valence-corrected chi connectivity index (χ3v) is 11.8. The standard InChI is InChI=1S/C56H101NO5/c1-4-7-10-13-16-19-22-25-26-27-28-29-30-31-34-37-40-43-46-49-56(61)62-52(47-44-41-38-35-32-23-20-17-14-11-8-5-2)50-55(60)57-53(51-58)54(59)48-45-42-39-36-33-24-21-18-15-12-9-6-3/h8,11,16-17,19-20,25-26,32,35,52-54,58-59H,4-7,9-10,12-15,18,21-24,27-31,33-34,36-51H2,1-3H3,(H,57,60)/b11-8+,19-16-,20-17+,26-25-,35-32+. The first kappa shape index (κ1) is 59.6. The van der Waals surface area contributed by atoms with Gasteiger partial charge in [-0.25, -0.2) is 0 Å². The number of nitrogens with one attached hydrogen (secondary N) is 1. The number of aliphatic hydroxyl groups excluding tert-OH is 2. The predicted molar refractivity (Wildman–Crippen MR) is 268 cm³/mol. The van der Waals surface area contributed by atoms with Crippen LogP contribution in [-0.4, -0.2) is 46.9 Å². The molecule has 3 atom stereocenters. The van der Waals surface area contributed by atoms with Crippen LogP contribution in [0.3, 0.4) is 0 Å². The summed E-state index contributed by atoms with van der Waals surface area (Å²) >= 11 is 0. The molecule has 360 valence electrons. The van der Waals surface area contributed by atoms with Crippen molar-refractivity contribution >= 4 is 11.9 Å². The molecule has 6 heteroatoms. The number of ether oxygens (including phenoxy) is 1. The van der Waals surface area contributed by atoms with Crippen molar-refractivity contribution in [3.8, 4) is 0 Å². The molecule has 0 rings (SSSR count). The minimum absolute atomic E-state index is 0.0491. The van der Waals surface area contributed by atoms with Gasteiger partial charge in [-0.15, -0.1) is 0 Å². The van der Waals surface area contributed by atoms with Crippen LogP contribution in [0.25, 0.3) is 0 Å². The quantitative estimate of drug-likeness (QED) is 0.0322. The molecule has 0 saturated carbocycles. The van der Waals surface area contributed by atoms with Crippen molar-refractivity contribution in [3.05, 3.63) is 60.8 Å². The van der Waals surface area contributed by atoms with E-state index in [2.05, 4.69) is 86.8 Å². The molecule has 0 heterocycles. The van der Waals surface area contributed by atoms with E-state index in [-0.39, 0.29) is 24.9 Å². The number of carbonyl (C=O) groups excluding carboxylic acids is 2. The lowest BCUT2D eigenvalue weighted by Gasteiger charge is -2.24. The summed E-state index contributed by atoms with van der Waals surface area (Å²) in [7, 11) is 0. The lowest BCUT2D eigenvalue weighted by Crippen LogP contribution is -2.46. The predicted octanol–water partition coefficient (Wildman–Crippen LogP) is 16.0. The molecule has 62 heavy (non-hydrogen) atoms. The van der Waals surface area contributed by atoms with Gasteiger partial charge >= 0.3 is 5.97 Å². The van der Waals surface area contributed by atoms with E-state index in [4.69, 9.17) is 4.74 Å². The van der Waals surface area contributed by atoms with Gasteiger partial charge in [-0.2, -0.15) is 0 Å². The highest BCUT2D eigenvalue weighted by molar-refractivity contribution is 5.77. The van der Waals surface area contributed by atoms with Gasteiger partial charge in [0.2, 0.25) is 5.91 Å². The summed E-state index contributed by atoms with van der Waals surface area (Å²) in [5.74, 6) is -0.514. The van der Waals surface area contributed by atoms with Crippen LogP contribution >= 0.6 is 0 Å². The number of carbonyl (C=O) groups is 2. The van der Waals surface area contributed by atoms with Gasteiger partial charge in [-0.05, 0) is 89.9 Å². The fourth-order valence-corrected chi connectivity index (χ4v) is 7.83. The maximum atomic E-state index is 13.2. The van der Waals surface area contributed by atoms with Crippen LogP contribution in [0.4, 0.5) is 0 Å². The fraction of sp³-hybridized carbons (Fsp3) is 0.786. The average Bonchev–Trinajstić information content (AvgIpc) is 3.26. The molecule has 1 amide bonds.